The second-order valence-electron chi connectivity index (χ2n) is 7.79. The van der Waals surface area contributed by atoms with Crippen LogP contribution in [0.2, 0.25) is 0 Å². The number of hydrazone groups is 1. The highest BCUT2D eigenvalue weighted by atomic mass is 16.7. The molecule has 0 amide bonds. The average Bonchev–Trinajstić information content (AvgIpc) is 3.16. The van der Waals surface area contributed by atoms with Crippen LogP contribution in [-0.4, -0.2) is 52.6 Å². The minimum atomic E-state index is -0.608. The molecule has 0 radical (unpaired) electrons. The lowest BCUT2D eigenvalue weighted by atomic mass is 9.97. The lowest BCUT2D eigenvalue weighted by Crippen LogP contribution is -2.35. The van der Waals surface area contributed by atoms with Gasteiger partial charge in [-0.1, -0.05) is 31.2 Å². The molecule has 7 heteroatoms. The molecule has 0 aromatic heterocycles. The summed E-state index contributed by atoms with van der Waals surface area (Å²) in [5.41, 5.74) is 2.27. The van der Waals surface area contributed by atoms with Gasteiger partial charge in [-0.3, -0.25) is 0 Å². The van der Waals surface area contributed by atoms with Crippen LogP contribution in [0.5, 0.6) is 0 Å². The number of hydrogen-bond acceptors (Lipinski definition) is 3. The predicted molar refractivity (Wildman–Crippen MR) is 106 cm³/mol. The molecule has 2 saturated heterocycles. The third-order valence-electron chi connectivity index (χ3n) is 5.16. The Morgan fingerprint density at radius 2 is 2.15 bits per heavy atom. The maximum atomic E-state index is 11.1. The number of ether oxygens (including phenoxy) is 1. The Kier molecular flexibility index (Phi) is 5.79. The molecule has 27 heavy (non-hydrogen) atoms. The van der Waals surface area contributed by atoms with E-state index < -0.39 is 5.03 Å². The third kappa shape index (κ3) is 4.86. The lowest BCUT2D eigenvalue weighted by Gasteiger charge is -2.22. The highest BCUT2D eigenvalue weighted by molar-refractivity contribution is 5.83. The lowest BCUT2D eigenvalue weighted by molar-refractivity contribution is -0.486. The Balaban J connectivity index is 1.74. The Bertz CT molecular complexity index is 744. The fourth-order valence-electron chi connectivity index (χ4n) is 3.89. The van der Waals surface area contributed by atoms with Crippen LogP contribution < -0.4 is 0 Å². The molecule has 2 aliphatic rings. The molecule has 2 aliphatic heterocycles. The van der Waals surface area contributed by atoms with Gasteiger partial charge < -0.3 is 14.5 Å². The summed E-state index contributed by atoms with van der Waals surface area (Å²) >= 11 is 0. The maximum Gasteiger partial charge on any atom is 0.278 e. The molecule has 7 nitrogen and oxygen atoms in total. The molecule has 0 spiro atoms. The second-order valence-corrected chi connectivity index (χ2v) is 7.79. The topological polar surface area (TPSA) is 71.2 Å². The molecule has 0 saturated carbocycles. The number of aryl methyl sites for hydroxylation is 1. The summed E-state index contributed by atoms with van der Waals surface area (Å²) in [4.78, 5) is 15.0. The molecule has 0 N–H and O–H groups in total. The SMILES string of the molecule is CCc1ccccc1C=CN1CCN(CC2COC(C)(C)C2)C1=N[N+](=O)[O-]. The molecule has 2 fully saturated rings. The molecule has 0 aliphatic carbocycles. The molecular weight excluding hydrogens is 344 g/mol. The Hall–Kier alpha value is -2.41. The van der Waals surface area contributed by atoms with E-state index in [1.54, 1.807) is 0 Å². The van der Waals surface area contributed by atoms with Crippen LogP contribution in [0.4, 0.5) is 0 Å². The van der Waals surface area contributed by atoms with Crippen LogP contribution in [-0.2, 0) is 11.2 Å². The van der Waals surface area contributed by atoms with Crippen molar-refractivity contribution < 1.29 is 9.77 Å². The van der Waals surface area contributed by atoms with Gasteiger partial charge in [0.2, 0.25) is 0 Å². The smallest absolute Gasteiger partial charge is 0.278 e. The number of nitrogens with zero attached hydrogens (tertiary/aromatic N) is 4. The first kappa shape index (κ1) is 19.4. The van der Waals surface area contributed by atoms with Gasteiger partial charge in [-0.05, 0) is 43.9 Å². The number of nitro groups is 1. The van der Waals surface area contributed by atoms with Crippen LogP contribution in [0, 0.1) is 16.0 Å². The largest absolute Gasteiger partial charge is 0.375 e. The number of benzene rings is 1. The Morgan fingerprint density at radius 3 is 2.81 bits per heavy atom. The Morgan fingerprint density at radius 1 is 1.37 bits per heavy atom. The standard InChI is InChI=1S/C20H28N4O3/c1-4-17-7-5-6-8-18(17)9-10-22-11-12-23(19(22)21-24(25)26)14-16-13-20(2,3)27-15-16/h5-10,16H,4,11-15H2,1-3H3. The van der Waals surface area contributed by atoms with Crippen molar-refractivity contribution in [1.82, 2.24) is 9.80 Å². The summed E-state index contributed by atoms with van der Waals surface area (Å²) in [5.74, 6) is 0.775. The van der Waals surface area contributed by atoms with E-state index >= 15 is 0 Å². The van der Waals surface area contributed by atoms with Crippen molar-refractivity contribution in [3.05, 3.63) is 51.7 Å². The van der Waals surface area contributed by atoms with Crippen LogP contribution in [0.3, 0.4) is 0 Å². The van der Waals surface area contributed by atoms with Gasteiger partial charge in [0, 0.05) is 31.8 Å². The van der Waals surface area contributed by atoms with E-state index in [0.717, 1.165) is 31.5 Å². The number of rotatable bonds is 6. The van der Waals surface area contributed by atoms with Gasteiger partial charge in [0.15, 0.2) is 5.03 Å². The van der Waals surface area contributed by atoms with Gasteiger partial charge >= 0.3 is 0 Å². The zero-order chi connectivity index (χ0) is 19.4. The summed E-state index contributed by atoms with van der Waals surface area (Å²) in [6.07, 6.45) is 5.82. The first-order valence-corrected chi connectivity index (χ1v) is 9.52. The van der Waals surface area contributed by atoms with Crippen LogP contribution in [0.15, 0.2) is 35.6 Å². The molecule has 1 atom stereocenters. The minimum Gasteiger partial charge on any atom is -0.375 e. The normalized spacial score (nSPS) is 23.7. The van der Waals surface area contributed by atoms with Crippen molar-refractivity contribution >= 4 is 12.0 Å². The van der Waals surface area contributed by atoms with Crippen molar-refractivity contribution in [2.75, 3.05) is 26.2 Å². The van der Waals surface area contributed by atoms with Crippen molar-refractivity contribution in [2.24, 2.45) is 11.0 Å². The highest BCUT2D eigenvalue weighted by Gasteiger charge is 2.36. The summed E-state index contributed by atoms with van der Waals surface area (Å²) in [5, 5.41) is 14.1. The van der Waals surface area contributed by atoms with Crippen LogP contribution in [0.1, 0.15) is 38.3 Å². The molecule has 1 aromatic carbocycles. The quantitative estimate of drug-likeness (QED) is 0.566. The Labute approximate surface area is 160 Å². The number of hydrogen-bond donors (Lipinski definition) is 0. The molecule has 2 heterocycles. The fourth-order valence-corrected chi connectivity index (χ4v) is 3.89. The first-order chi connectivity index (χ1) is 12.9. The zero-order valence-electron chi connectivity index (χ0n) is 16.3. The summed E-state index contributed by atoms with van der Waals surface area (Å²) in [6, 6.07) is 8.19. The van der Waals surface area contributed by atoms with E-state index in [0.29, 0.717) is 25.0 Å². The molecule has 1 unspecified atom stereocenters. The second kappa shape index (κ2) is 8.08. The van der Waals surface area contributed by atoms with Gasteiger partial charge in [-0.15, -0.1) is 0 Å². The van der Waals surface area contributed by atoms with E-state index in [1.165, 1.54) is 5.56 Å². The van der Waals surface area contributed by atoms with Gasteiger partial charge in [-0.25, -0.2) is 10.1 Å². The number of guanidine groups is 1. The van der Waals surface area contributed by atoms with Crippen molar-refractivity contribution in [3.8, 4) is 0 Å². The molecule has 1 aromatic rings. The molecule has 0 bridgehead atoms. The summed E-state index contributed by atoms with van der Waals surface area (Å²) < 4.78 is 5.81. The summed E-state index contributed by atoms with van der Waals surface area (Å²) in [7, 11) is 0. The molecular formula is C20H28N4O3. The average molecular weight is 372 g/mol. The molecule has 3 rings (SSSR count). The van der Waals surface area contributed by atoms with Gasteiger partial charge in [0.1, 0.15) is 5.10 Å². The van der Waals surface area contributed by atoms with E-state index in [9.17, 15) is 10.1 Å². The monoisotopic (exact) mass is 372 g/mol. The van der Waals surface area contributed by atoms with Gasteiger partial charge in [0.25, 0.3) is 5.96 Å². The van der Waals surface area contributed by atoms with E-state index in [-0.39, 0.29) is 5.60 Å². The van der Waals surface area contributed by atoms with E-state index in [1.807, 2.05) is 34.2 Å². The van der Waals surface area contributed by atoms with Crippen LogP contribution in [0.25, 0.3) is 6.08 Å². The highest BCUT2D eigenvalue weighted by Crippen LogP contribution is 2.30. The minimum absolute atomic E-state index is 0.117. The van der Waals surface area contributed by atoms with Gasteiger partial charge in [0.05, 0.1) is 12.2 Å². The summed E-state index contributed by atoms with van der Waals surface area (Å²) in [6.45, 7) is 9.13. The van der Waals surface area contributed by atoms with Crippen molar-refractivity contribution in [1.29, 1.82) is 0 Å². The third-order valence-corrected chi connectivity index (χ3v) is 5.16. The van der Waals surface area contributed by atoms with Crippen molar-refractivity contribution in [3.63, 3.8) is 0 Å². The van der Waals surface area contributed by atoms with Crippen LogP contribution >= 0.6 is 0 Å². The molecule has 146 valence electrons. The van der Waals surface area contributed by atoms with Crippen molar-refractivity contribution in [2.45, 2.75) is 39.2 Å². The zero-order valence-corrected chi connectivity index (χ0v) is 16.3. The van der Waals surface area contributed by atoms with Gasteiger partial charge in [-0.2, -0.15) is 0 Å². The first-order valence-electron chi connectivity index (χ1n) is 9.52. The maximum absolute atomic E-state index is 11.1. The predicted octanol–water partition coefficient (Wildman–Crippen LogP) is 3.20. The van der Waals surface area contributed by atoms with E-state index in [2.05, 4.69) is 38.0 Å². The van der Waals surface area contributed by atoms with E-state index in [4.69, 9.17) is 4.74 Å². The fraction of sp³-hybridized carbons (Fsp3) is 0.550.